The number of nitrogens with one attached hydrogen (secondary N) is 2. The Morgan fingerprint density at radius 3 is 2.27 bits per heavy atom. The second kappa shape index (κ2) is 12.7. The van der Waals surface area contributed by atoms with Gasteiger partial charge in [0.25, 0.3) is 5.91 Å². The fraction of sp³-hybridized carbons (Fsp3) is 0.379. The van der Waals surface area contributed by atoms with Gasteiger partial charge in [0, 0.05) is 25.6 Å². The quantitative estimate of drug-likeness (QED) is 0.179. The van der Waals surface area contributed by atoms with E-state index < -0.39 is 37.1 Å². The summed E-state index contributed by atoms with van der Waals surface area (Å²) < 4.78 is 7.38. The van der Waals surface area contributed by atoms with Crippen LogP contribution < -0.4 is 10.6 Å². The number of benzene rings is 2. The Balaban J connectivity index is 1.51. The number of hydrogen-bond donors (Lipinski definition) is 5. The number of amides is 1. The average molecular weight is 562 g/mol. The molecule has 3 heterocycles. The number of aliphatic hydroxyl groups is 3. The summed E-state index contributed by atoms with van der Waals surface area (Å²) in [4.78, 5) is 28.1. The molecule has 1 fully saturated rings. The highest BCUT2D eigenvalue weighted by Crippen LogP contribution is 2.35. The molecule has 2 aromatic carbocycles. The molecule has 0 saturated carbocycles. The van der Waals surface area contributed by atoms with Crippen molar-refractivity contribution >= 4 is 23.0 Å². The van der Waals surface area contributed by atoms with Crippen LogP contribution in [0.1, 0.15) is 33.9 Å². The number of nitrogens with zero attached hydrogens (tertiary/aromatic N) is 5. The van der Waals surface area contributed by atoms with E-state index in [0.717, 1.165) is 11.1 Å². The third kappa shape index (κ3) is 6.21. The zero-order valence-corrected chi connectivity index (χ0v) is 23.0. The largest absolute Gasteiger partial charge is 0.394 e. The first kappa shape index (κ1) is 28.6. The standard InChI is InChI=1S/C29H35N7O5/c1-35(2)14-13-30-27(40)25-31-16-21-26(34-25)36(28-24(39)23(38)22(17-37)41-28)29(33-21)32-15-20(18-9-5-3-6-10-18)19-11-7-4-8-12-19/h3-12,16,20,22-24,28,37-39H,13-15,17H2,1-2H3,(H,30,40)(H,32,33)/t22-,23-,24-,28-/m1/s1. The third-order valence-electron chi connectivity index (χ3n) is 7.12. The fourth-order valence-corrected chi connectivity index (χ4v) is 4.92. The number of carbonyl (C=O) groups is 1. The topological polar surface area (TPSA) is 158 Å². The molecule has 4 aromatic rings. The van der Waals surface area contributed by atoms with Crippen molar-refractivity contribution in [3.05, 3.63) is 83.8 Å². The highest BCUT2D eigenvalue weighted by Gasteiger charge is 2.45. The number of rotatable bonds is 11. The Hall–Kier alpha value is -3.94. The van der Waals surface area contributed by atoms with Gasteiger partial charge in [0.05, 0.1) is 12.8 Å². The maximum Gasteiger partial charge on any atom is 0.289 e. The third-order valence-corrected chi connectivity index (χ3v) is 7.12. The van der Waals surface area contributed by atoms with E-state index in [0.29, 0.717) is 31.1 Å². The van der Waals surface area contributed by atoms with E-state index in [1.54, 1.807) is 0 Å². The first-order valence-electron chi connectivity index (χ1n) is 13.5. The summed E-state index contributed by atoms with van der Waals surface area (Å²) in [6.07, 6.45) is -3.39. The van der Waals surface area contributed by atoms with E-state index >= 15 is 0 Å². The molecule has 0 radical (unpaired) electrons. The normalized spacial score (nSPS) is 20.7. The molecule has 0 bridgehead atoms. The van der Waals surface area contributed by atoms with Crippen LogP contribution in [0.4, 0.5) is 5.95 Å². The fourth-order valence-electron chi connectivity index (χ4n) is 4.92. The van der Waals surface area contributed by atoms with Crippen LogP contribution in [0.25, 0.3) is 11.2 Å². The zero-order chi connectivity index (χ0) is 28.9. The summed E-state index contributed by atoms with van der Waals surface area (Å²) >= 11 is 0. The summed E-state index contributed by atoms with van der Waals surface area (Å²) in [5.74, 6) is -0.251. The van der Waals surface area contributed by atoms with Gasteiger partial charge in [0.2, 0.25) is 11.8 Å². The smallest absolute Gasteiger partial charge is 0.289 e. The minimum atomic E-state index is -1.38. The number of carbonyl (C=O) groups excluding carboxylic acids is 1. The van der Waals surface area contributed by atoms with Crippen molar-refractivity contribution < 1.29 is 24.9 Å². The minimum absolute atomic E-state index is 0.0417. The van der Waals surface area contributed by atoms with Crippen LogP contribution in [0.3, 0.4) is 0 Å². The van der Waals surface area contributed by atoms with Crippen molar-refractivity contribution in [2.24, 2.45) is 0 Å². The van der Waals surface area contributed by atoms with E-state index in [1.165, 1.54) is 10.8 Å². The summed E-state index contributed by atoms with van der Waals surface area (Å²) in [6, 6.07) is 20.1. The van der Waals surface area contributed by atoms with Crippen LogP contribution in [-0.2, 0) is 4.74 Å². The molecule has 12 nitrogen and oxygen atoms in total. The van der Waals surface area contributed by atoms with Gasteiger partial charge in [-0.3, -0.25) is 9.36 Å². The lowest BCUT2D eigenvalue weighted by atomic mass is 9.91. The average Bonchev–Trinajstić information content (AvgIpc) is 3.49. The van der Waals surface area contributed by atoms with Crippen LogP contribution in [-0.4, -0.2) is 104 Å². The van der Waals surface area contributed by atoms with Crippen molar-refractivity contribution in [1.82, 2.24) is 29.7 Å². The summed E-state index contributed by atoms with van der Waals surface area (Å²) in [5, 5.41) is 37.3. The summed E-state index contributed by atoms with van der Waals surface area (Å²) in [6.45, 7) is 1.00. The van der Waals surface area contributed by atoms with Crippen molar-refractivity contribution in [2.75, 3.05) is 45.7 Å². The molecule has 2 aromatic heterocycles. The summed E-state index contributed by atoms with van der Waals surface area (Å²) in [5.41, 5.74) is 2.80. The molecule has 0 unspecified atom stereocenters. The van der Waals surface area contributed by atoms with E-state index in [9.17, 15) is 20.1 Å². The molecule has 5 N–H and O–H groups in total. The Morgan fingerprint density at radius 1 is 1.02 bits per heavy atom. The van der Waals surface area contributed by atoms with Gasteiger partial charge in [-0.2, -0.15) is 0 Å². The van der Waals surface area contributed by atoms with Gasteiger partial charge in [0.15, 0.2) is 11.9 Å². The molecule has 12 heteroatoms. The molecule has 216 valence electrons. The van der Waals surface area contributed by atoms with Gasteiger partial charge >= 0.3 is 0 Å². The number of fused-ring (bicyclic) bond motifs is 1. The van der Waals surface area contributed by atoms with E-state index in [4.69, 9.17) is 4.74 Å². The molecular weight excluding hydrogens is 526 g/mol. The number of ether oxygens (including phenoxy) is 1. The predicted octanol–water partition coefficient (Wildman–Crippen LogP) is 0.973. The maximum atomic E-state index is 12.8. The van der Waals surface area contributed by atoms with Crippen LogP contribution in [0.2, 0.25) is 0 Å². The number of imidazole rings is 1. The Kier molecular flexibility index (Phi) is 8.86. The number of anilines is 1. The summed E-state index contributed by atoms with van der Waals surface area (Å²) in [7, 11) is 3.81. The first-order chi connectivity index (χ1) is 19.9. The van der Waals surface area contributed by atoms with Crippen molar-refractivity contribution in [2.45, 2.75) is 30.5 Å². The van der Waals surface area contributed by atoms with Crippen LogP contribution in [0, 0.1) is 0 Å². The molecule has 0 spiro atoms. The van der Waals surface area contributed by atoms with Crippen molar-refractivity contribution in [3.63, 3.8) is 0 Å². The van der Waals surface area contributed by atoms with Gasteiger partial charge in [0.1, 0.15) is 23.8 Å². The molecule has 4 atom stereocenters. The molecule has 1 aliphatic heterocycles. The SMILES string of the molecule is CN(C)CCNC(=O)c1ncc2nc(NCC(c3ccccc3)c3ccccc3)n([C@@H]3O[C@H](CO)[C@@H](O)[C@H]3O)c2n1. The second-order valence-electron chi connectivity index (χ2n) is 10.3. The van der Waals surface area contributed by atoms with Gasteiger partial charge in [-0.25, -0.2) is 15.0 Å². The van der Waals surface area contributed by atoms with Gasteiger partial charge < -0.3 is 35.6 Å². The first-order valence-corrected chi connectivity index (χ1v) is 13.5. The highest BCUT2D eigenvalue weighted by molar-refractivity contribution is 5.92. The molecule has 1 saturated heterocycles. The predicted molar refractivity (Wildman–Crippen MR) is 152 cm³/mol. The van der Waals surface area contributed by atoms with E-state index in [1.807, 2.05) is 55.4 Å². The van der Waals surface area contributed by atoms with Gasteiger partial charge in [-0.1, -0.05) is 60.7 Å². The van der Waals surface area contributed by atoms with E-state index in [2.05, 4.69) is 49.9 Å². The Morgan fingerprint density at radius 2 is 1.68 bits per heavy atom. The lowest BCUT2D eigenvalue weighted by Crippen LogP contribution is -2.33. The number of aromatic nitrogens is 4. The highest BCUT2D eigenvalue weighted by atomic mass is 16.6. The minimum Gasteiger partial charge on any atom is -0.394 e. The zero-order valence-electron chi connectivity index (χ0n) is 23.0. The Bertz CT molecular complexity index is 1410. The van der Waals surface area contributed by atoms with Gasteiger partial charge in [-0.15, -0.1) is 0 Å². The number of aliphatic hydroxyl groups excluding tert-OH is 3. The lowest BCUT2D eigenvalue weighted by molar-refractivity contribution is -0.0501. The van der Waals surface area contributed by atoms with Crippen molar-refractivity contribution in [1.29, 1.82) is 0 Å². The second-order valence-corrected chi connectivity index (χ2v) is 10.3. The molecule has 0 aliphatic carbocycles. The van der Waals surface area contributed by atoms with E-state index in [-0.39, 0.29) is 17.4 Å². The van der Waals surface area contributed by atoms with Crippen LogP contribution in [0.15, 0.2) is 66.9 Å². The Labute approximate surface area is 237 Å². The molecule has 41 heavy (non-hydrogen) atoms. The van der Waals surface area contributed by atoms with Crippen LogP contribution >= 0.6 is 0 Å². The van der Waals surface area contributed by atoms with Crippen molar-refractivity contribution in [3.8, 4) is 0 Å². The number of hydrogen-bond acceptors (Lipinski definition) is 10. The van der Waals surface area contributed by atoms with Crippen LogP contribution in [0.5, 0.6) is 0 Å². The molecular formula is C29H35N7O5. The lowest BCUT2D eigenvalue weighted by Gasteiger charge is -2.22. The monoisotopic (exact) mass is 561 g/mol. The maximum absolute atomic E-state index is 12.8. The number of likely N-dealkylation sites (N-methyl/N-ethyl adjacent to an activating group) is 1. The molecule has 5 rings (SSSR count). The van der Waals surface area contributed by atoms with Gasteiger partial charge in [-0.05, 0) is 25.2 Å². The molecule has 1 aliphatic rings. The molecule has 1 amide bonds.